The first-order chi connectivity index (χ1) is 10.0. The van der Waals surface area contributed by atoms with Crippen molar-refractivity contribution >= 4 is 16.9 Å². The Bertz CT molecular complexity index is 678. The van der Waals surface area contributed by atoms with Crippen molar-refractivity contribution < 1.29 is 4.79 Å². The molecule has 0 bridgehead atoms. The Kier molecular flexibility index (Phi) is 3.63. The molecule has 0 radical (unpaired) electrons. The second-order valence-electron chi connectivity index (χ2n) is 6.02. The number of carbonyl (C=O) groups excluding carboxylic acids is 1. The lowest BCUT2D eigenvalue weighted by Crippen LogP contribution is -2.33. The summed E-state index contributed by atoms with van der Waals surface area (Å²) in [7, 11) is 1.83. The first-order valence-corrected chi connectivity index (χ1v) is 7.38. The summed E-state index contributed by atoms with van der Waals surface area (Å²) in [6.45, 7) is 5.29. The van der Waals surface area contributed by atoms with Crippen LogP contribution in [0.15, 0.2) is 12.3 Å². The van der Waals surface area contributed by atoms with Gasteiger partial charge < -0.3 is 5.73 Å². The maximum absolute atomic E-state index is 11.5. The Balaban J connectivity index is 1.98. The van der Waals surface area contributed by atoms with Gasteiger partial charge >= 0.3 is 0 Å². The van der Waals surface area contributed by atoms with Crippen molar-refractivity contribution in [2.75, 3.05) is 13.1 Å². The molecule has 0 unspecified atom stereocenters. The predicted molar refractivity (Wildman–Crippen MR) is 80.7 cm³/mol. The number of nitrogens with zero attached hydrogens (tertiary/aromatic N) is 4. The number of fused-ring (bicyclic) bond motifs is 1. The largest absolute Gasteiger partial charge is 0.364 e. The maximum atomic E-state index is 11.5. The quantitative estimate of drug-likeness (QED) is 0.923. The minimum Gasteiger partial charge on any atom is -0.364 e. The third kappa shape index (κ3) is 2.76. The van der Waals surface area contributed by atoms with Gasteiger partial charge in [-0.15, -0.1) is 0 Å². The number of nitrogens with two attached hydrogens (primary N) is 1. The van der Waals surface area contributed by atoms with Gasteiger partial charge in [-0.25, -0.2) is 4.98 Å². The first kappa shape index (κ1) is 14.0. The van der Waals surface area contributed by atoms with E-state index in [-0.39, 0.29) is 0 Å². The highest BCUT2D eigenvalue weighted by molar-refractivity contribution is 5.94. The summed E-state index contributed by atoms with van der Waals surface area (Å²) in [5.41, 5.74) is 7.51. The second kappa shape index (κ2) is 5.44. The Morgan fingerprint density at radius 1 is 1.52 bits per heavy atom. The van der Waals surface area contributed by atoms with Gasteiger partial charge in [0, 0.05) is 25.5 Å². The van der Waals surface area contributed by atoms with Gasteiger partial charge in [-0.3, -0.25) is 14.4 Å². The fourth-order valence-electron chi connectivity index (χ4n) is 3.11. The summed E-state index contributed by atoms with van der Waals surface area (Å²) in [6, 6.07) is 1.81. The SMILES string of the molecule is C[C@H]1CCCN(Cc2cc(C(N)=O)nc3c2cnn3C)C1. The topological polar surface area (TPSA) is 77.0 Å². The number of aromatic nitrogens is 3. The van der Waals surface area contributed by atoms with Gasteiger partial charge in [0.1, 0.15) is 5.69 Å². The number of hydrogen-bond acceptors (Lipinski definition) is 4. The molecule has 1 saturated heterocycles. The molecule has 1 aliphatic heterocycles. The zero-order valence-electron chi connectivity index (χ0n) is 12.5. The van der Waals surface area contributed by atoms with Crippen molar-refractivity contribution in [2.45, 2.75) is 26.3 Å². The molecule has 112 valence electrons. The van der Waals surface area contributed by atoms with E-state index < -0.39 is 5.91 Å². The Labute approximate surface area is 123 Å². The third-order valence-electron chi connectivity index (χ3n) is 4.18. The number of likely N-dealkylation sites (tertiary alicyclic amines) is 1. The Morgan fingerprint density at radius 2 is 2.33 bits per heavy atom. The number of piperidine rings is 1. The molecule has 0 saturated carbocycles. The number of primary amides is 1. The van der Waals surface area contributed by atoms with Crippen LogP contribution >= 0.6 is 0 Å². The lowest BCUT2D eigenvalue weighted by molar-refractivity contribution is 0.0995. The van der Waals surface area contributed by atoms with Crippen molar-refractivity contribution in [1.82, 2.24) is 19.7 Å². The molecule has 6 heteroatoms. The van der Waals surface area contributed by atoms with Crippen LogP contribution in [0.5, 0.6) is 0 Å². The van der Waals surface area contributed by atoms with E-state index in [0.717, 1.165) is 36.5 Å². The van der Waals surface area contributed by atoms with Crippen LogP contribution in [0, 0.1) is 5.92 Å². The van der Waals surface area contributed by atoms with E-state index in [0.29, 0.717) is 11.3 Å². The first-order valence-electron chi connectivity index (χ1n) is 7.38. The second-order valence-corrected chi connectivity index (χ2v) is 6.02. The summed E-state index contributed by atoms with van der Waals surface area (Å²) in [5, 5.41) is 5.25. The van der Waals surface area contributed by atoms with Crippen molar-refractivity contribution in [3.63, 3.8) is 0 Å². The van der Waals surface area contributed by atoms with Crippen LogP contribution in [0.4, 0.5) is 0 Å². The molecule has 0 aromatic carbocycles. The number of rotatable bonds is 3. The van der Waals surface area contributed by atoms with Crippen molar-refractivity contribution in [2.24, 2.45) is 18.7 Å². The summed E-state index contributed by atoms with van der Waals surface area (Å²) >= 11 is 0. The molecule has 6 nitrogen and oxygen atoms in total. The van der Waals surface area contributed by atoms with E-state index in [1.807, 2.05) is 19.3 Å². The minimum atomic E-state index is -0.494. The monoisotopic (exact) mass is 287 g/mol. The normalized spacial score (nSPS) is 20.0. The Hall–Kier alpha value is -1.95. The molecule has 1 aliphatic rings. The number of pyridine rings is 1. The average molecular weight is 287 g/mol. The molecule has 1 atom stereocenters. The summed E-state index contributed by atoms with van der Waals surface area (Å²) in [4.78, 5) is 18.2. The number of hydrogen-bond donors (Lipinski definition) is 1. The van der Waals surface area contributed by atoms with Gasteiger partial charge in [0.25, 0.3) is 5.91 Å². The maximum Gasteiger partial charge on any atom is 0.267 e. The van der Waals surface area contributed by atoms with Crippen LogP contribution < -0.4 is 5.73 Å². The lowest BCUT2D eigenvalue weighted by Gasteiger charge is -2.31. The average Bonchev–Trinajstić information content (AvgIpc) is 2.81. The molecule has 1 amide bonds. The van der Waals surface area contributed by atoms with Crippen LogP contribution in [0.2, 0.25) is 0 Å². The van der Waals surface area contributed by atoms with E-state index in [9.17, 15) is 4.79 Å². The van der Waals surface area contributed by atoms with Gasteiger partial charge in [-0.1, -0.05) is 6.92 Å². The minimum absolute atomic E-state index is 0.311. The molecule has 2 N–H and O–H groups in total. The van der Waals surface area contributed by atoms with Crippen LogP contribution in [-0.4, -0.2) is 38.7 Å². The van der Waals surface area contributed by atoms with Crippen LogP contribution in [0.25, 0.3) is 11.0 Å². The standard InChI is InChI=1S/C15H21N5O/c1-10-4-3-5-20(8-10)9-11-6-13(14(16)21)18-15-12(11)7-17-19(15)2/h6-7,10H,3-5,8-9H2,1-2H3,(H2,16,21)/t10-/m0/s1. The third-order valence-corrected chi connectivity index (χ3v) is 4.18. The zero-order valence-corrected chi connectivity index (χ0v) is 12.5. The van der Waals surface area contributed by atoms with E-state index in [1.54, 1.807) is 4.68 Å². The summed E-state index contributed by atoms with van der Waals surface area (Å²) in [6.07, 6.45) is 4.34. The molecule has 2 aromatic rings. The number of amides is 1. The van der Waals surface area contributed by atoms with E-state index in [2.05, 4.69) is 21.9 Å². The molecule has 1 fully saturated rings. The number of carbonyl (C=O) groups is 1. The molecular formula is C15H21N5O. The molecule has 3 heterocycles. The molecule has 2 aromatic heterocycles. The molecule has 0 aliphatic carbocycles. The summed E-state index contributed by atoms with van der Waals surface area (Å²) < 4.78 is 1.68. The molecule has 21 heavy (non-hydrogen) atoms. The van der Waals surface area contributed by atoms with Crippen molar-refractivity contribution in [3.05, 3.63) is 23.5 Å². The fourth-order valence-corrected chi connectivity index (χ4v) is 3.11. The van der Waals surface area contributed by atoms with Crippen LogP contribution in [-0.2, 0) is 13.6 Å². The van der Waals surface area contributed by atoms with Crippen LogP contribution in [0.3, 0.4) is 0 Å². The molecule has 3 rings (SSSR count). The smallest absolute Gasteiger partial charge is 0.267 e. The molecule has 0 spiro atoms. The lowest BCUT2D eigenvalue weighted by atomic mass is 9.99. The zero-order chi connectivity index (χ0) is 15.0. The van der Waals surface area contributed by atoms with Crippen molar-refractivity contribution in [1.29, 1.82) is 0 Å². The van der Waals surface area contributed by atoms with Crippen LogP contribution in [0.1, 0.15) is 35.8 Å². The van der Waals surface area contributed by atoms with Gasteiger partial charge in [-0.2, -0.15) is 5.10 Å². The van der Waals surface area contributed by atoms with Crippen molar-refractivity contribution in [3.8, 4) is 0 Å². The van der Waals surface area contributed by atoms with Gasteiger partial charge in [0.2, 0.25) is 0 Å². The number of aryl methyl sites for hydroxylation is 1. The van der Waals surface area contributed by atoms with E-state index >= 15 is 0 Å². The van der Waals surface area contributed by atoms with E-state index in [1.165, 1.54) is 12.8 Å². The summed E-state index contributed by atoms with van der Waals surface area (Å²) in [5.74, 6) is 0.229. The van der Waals surface area contributed by atoms with Gasteiger partial charge in [0.05, 0.1) is 6.20 Å². The highest BCUT2D eigenvalue weighted by Crippen LogP contribution is 2.22. The van der Waals surface area contributed by atoms with Gasteiger partial charge in [0.15, 0.2) is 5.65 Å². The Morgan fingerprint density at radius 3 is 3.05 bits per heavy atom. The fraction of sp³-hybridized carbons (Fsp3) is 0.533. The van der Waals surface area contributed by atoms with Gasteiger partial charge in [-0.05, 0) is 36.9 Å². The van der Waals surface area contributed by atoms with E-state index in [4.69, 9.17) is 5.73 Å². The predicted octanol–water partition coefficient (Wildman–Crippen LogP) is 1.30. The highest BCUT2D eigenvalue weighted by Gasteiger charge is 2.19. The highest BCUT2D eigenvalue weighted by atomic mass is 16.1. The molecular weight excluding hydrogens is 266 g/mol.